The molecule has 9 nitrogen and oxygen atoms in total. The summed E-state index contributed by atoms with van der Waals surface area (Å²) in [5, 5.41) is 6.10. The number of esters is 2. The first-order valence-electron chi connectivity index (χ1n) is 11.3. The molecule has 0 bridgehead atoms. The summed E-state index contributed by atoms with van der Waals surface area (Å²) in [6, 6.07) is 4.15. The van der Waals surface area contributed by atoms with Crippen LogP contribution in [0.5, 0.6) is 0 Å². The van der Waals surface area contributed by atoms with Crippen LogP contribution in [0.15, 0.2) is 30.0 Å². The Hall–Kier alpha value is -3.30. The van der Waals surface area contributed by atoms with E-state index >= 15 is 0 Å². The molecule has 2 heterocycles. The minimum atomic E-state index is -1.34. The Morgan fingerprint density at radius 1 is 1.18 bits per heavy atom. The third-order valence-electron chi connectivity index (χ3n) is 5.32. The Kier molecular flexibility index (Phi) is 7.38. The largest absolute Gasteiger partial charge is 0.444 e. The second-order valence-corrected chi connectivity index (χ2v) is 9.86. The number of rotatable bonds is 5. The van der Waals surface area contributed by atoms with Gasteiger partial charge in [-0.3, -0.25) is 0 Å². The van der Waals surface area contributed by atoms with Crippen LogP contribution in [0.4, 0.5) is 20.6 Å². The Bertz CT molecular complexity index is 955. The van der Waals surface area contributed by atoms with Crippen LogP contribution in [0.3, 0.4) is 0 Å². The minimum absolute atomic E-state index is 0.305. The van der Waals surface area contributed by atoms with E-state index in [2.05, 4.69) is 10.6 Å². The average molecular weight is 478 g/mol. The van der Waals surface area contributed by atoms with Gasteiger partial charge < -0.3 is 29.7 Å². The third kappa shape index (κ3) is 6.85. The van der Waals surface area contributed by atoms with E-state index in [4.69, 9.17) is 14.2 Å². The summed E-state index contributed by atoms with van der Waals surface area (Å²) in [5.41, 5.74) is 0.108. The highest BCUT2D eigenvalue weighted by molar-refractivity contribution is 6.15. The normalized spacial score (nSPS) is 18.6. The molecule has 0 unspecified atom stereocenters. The SMILES string of the molecule is CC(C)(C)OC(=O)N1CCC(CNc2ccc(F)cc2NC=C2C(=O)OC(C)(C)OC2=O)CC1. The van der Waals surface area contributed by atoms with Crippen LogP contribution in [0.1, 0.15) is 47.5 Å². The fourth-order valence-electron chi connectivity index (χ4n) is 3.62. The Morgan fingerprint density at radius 3 is 2.38 bits per heavy atom. The molecule has 0 radical (unpaired) electrons. The molecule has 34 heavy (non-hydrogen) atoms. The van der Waals surface area contributed by atoms with Gasteiger partial charge in [-0.25, -0.2) is 18.8 Å². The van der Waals surface area contributed by atoms with Gasteiger partial charge in [0.1, 0.15) is 11.4 Å². The van der Waals surface area contributed by atoms with Crippen molar-refractivity contribution in [1.29, 1.82) is 0 Å². The zero-order chi connectivity index (χ0) is 25.1. The zero-order valence-electron chi connectivity index (χ0n) is 20.2. The van der Waals surface area contributed by atoms with Crippen molar-refractivity contribution in [2.75, 3.05) is 30.3 Å². The molecule has 0 saturated carbocycles. The number of nitrogens with one attached hydrogen (secondary N) is 2. The maximum atomic E-state index is 13.9. The van der Waals surface area contributed by atoms with Crippen molar-refractivity contribution in [3.8, 4) is 0 Å². The lowest BCUT2D eigenvalue weighted by Gasteiger charge is -2.33. The number of ether oxygens (including phenoxy) is 3. The molecule has 1 aromatic carbocycles. The third-order valence-corrected chi connectivity index (χ3v) is 5.32. The van der Waals surface area contributed by atoms with Crippen molar-refractivity contribution in [2.24, 2.45) is 5.92 Å². The van der Waals surface area contributed by atoms with E-state index in [0.29, 0.717) is 36.9 Å². The number of benzene rings is 1. The van der Waals surface area contributed by atoms with Gasteiger partial charge in [0.2, 0.25) is 0 Å². The summed E-state index contributed by atoms with van der Waals surface area (Å²) in [6.07, 6.45) is 2.45. The average Bonchev–Trinajstić information content (AvgIpc) is 2.71. The van der Waals surface area contributed by atoms with E-state index in [0.717, 1.165) is 19.0 Å². The number of carbonyl (C=O) groups excluding carboxylic acids is 3. The molecule has 0 atom stereocenters. The molecule has 2 saturated heterocycles. The van der Waals surface area contributed by atoms with Crippen LogP contribution in [0.25, 0.3) is 0 Å². The molecule has 3 rings (SSSR count). The van der Waals surface area contributed by atoms with Crippen LogP contribution in [0.2, 0.25) is 0 Å². The fraction of sp³-hybridized carbons (Fsp3) is 0.542. The molecule has 2 aliphatic rings. The van der Waals surface area contributed by atoms with E-state index < -0.39 is 29.1 Å². The highest BCUT2D eigenvalue weighted by atomic mass is 19.1. The summed E-state index contributed by atoms with van der Waals surface area (Å²) in [4.78, 5) is 38.2. The van der Waals surface area contributed by atoms with Crippen LogP contribution < -0.4 is 10.6 Å². The number of hydrogen-bond acceptors (Lipinski definition) is 8. The molecule has 0 aliphatic carbocycles. The fourth-order valence-corrected chi connectivity index (χ4v) is 3.62. The second kappa shape index (κ2) is 9.90. The lowest BCUT2D eigenvalue weighted by atomic mass is 9.97. The van der Waals surface area contributed by atoms with Crippen molar-refractivity contribution >= 4 is 29.4 Å². The first-order valence-corrected chi connectivity index (χ1v) is 11.3. The quantitative estimate of drug-likeness (QED) is 0.372. The molecule has 1 aromatic rings. The van der Waals surface area contributed by atoms with E-state index in [1.54, 1.807) is 11.0 Å². The highest BCUT2D eigenvalue weighted by Crippen LogP contribution is 2.27. The summed E-state index contributed by atoms with van der Waals surface area (Å²) in [6.45, 7) is 10.2. The van der Waals surface area contributed by atoms with Crippen molar-refractivity contribution in [3.63, 3.8) is 0 Å². The number of halogens is 1. The van der Waals surface area contributed by atoms with Gasteiger partial charge in [-0.05, 0) is 57.7 Å². The van der Waals surface area contributed by atoms with Gasteiger partial charge >= 0.3 is 18.0 Å². The second-order valence-electron chi connectivity index (χ2n) is 9.86. The van der Waals surface area contributed by atoms with Gasteiger partial charge in [0.25, 0.3) is 5.79 Å². The summed E-state index contributed by atoms with van der Waals surface area (Å²) in [7, 11) is 0. The number of nitrogens with zero attached hydrogens (tertiary/aromatic N) is 1. The molecular formula is C24H32FN3O6. The number of hydrogen-bond donors (Lipinski definition) is 2. The van der Waals surface area contributed by atoms with Gasteiger partial charge in [0, 0.05) is 39.7 Å². The lowest BCUT2D eigenvalue weighted by Crippen LogP contribution is -2.42. The molecule has 0 aromatic heterocycles. The van der Waals surface area contributed by atoms with Gasteiger partial charge in [0.05, 0.1) is 11.4 Å². The van der Waals surface area contributed by atoms with E-state index in [1.165, 1.54) is 26.0 Å². The zero-order valence-corrected chi connectivity index (χ0v) is 20.2. The summed E-state index contributed by atoms with van der Waals surface area (Å²) in [5.74, 6) is -3.16. The molecule has 186 valence electrons. The molecular weight excluding hydrogens is 445 g/mol. The molecule has 2 fully saturated rings. The van der Waals surface area contributed by atoms with E-state index in [1.807, 2.05) is 20.8 Å². The number of cyclic esters (lactones) is 2. The predicted molar refractivity (Wildman–Crippen MR) is 123 cm³/mol. The van der Waals surface area contributed by atoms with Gasteiger partial charge in [-0.2, -0.15) is 0 Å². The van der Waals surface area contributed by atoms with Crippen molar-refractivity contribution < 1.29 is 33.0 Å². The molecule has 1 amide bonds. The number of piperidine rings is 1. The maximum absolute atomic E-state index is 13.9. The number of carbonyl (C=O) groups is 3. The minimum Gasteiger partial charge on any atom is -0.444 e. The van der Waals surface area contributed by atoms with Crippen molar-refractivity contribution in [2.45, 2.75) is 58.8 Å². The molecule has 0 spiro atoms. The standard InChI is InChI=1S/C24H32FN3O6/c1-23(2,3)34-22(31)28-10-8-15(9-11-28)13-26-18-7-6-16(25)12-19(18)27-14-17-20(29)32-24(4,5)33-21(17)30/h6-7,12,14-15,26-27H,8-11,13H2,1-5H3. The molecule has 10 heteroatoms. The monoisotopic (exact) mass is 477 g/mol. The topological polar surface area (TPSA) is 106 Å². The number of anilines is 2. The maximum Gasteiger partial charge on any atom is 0.410 e. The number of likely N-dealkylation sites (tertiary alicyclic amines) is 1. The summed E-state index contributed by atoms with van der Waals surface area (Å²) < 4.78 is 29.4. The van der Waals surface area contributed by atoms with E-state index in [-0.39, 0.29) is 11.7 Å². The predicted octanol–water partition coefficient (Wildman–Crippen LogP) is 4.02. The highest BCUT2D eigenvalue weighted by Gasteiger charge is 2.39. The van der Waals surface area contributed by atoms with Crippen LogP contribution >= 0.6 is 0 Å². The Labute approximate surface area is 198 Å². The van der Waals surface area contributed by atoms with Crippen molar-refractivity contribution in [1.82, 2.24) is 4.90 Å². The van der Waals surface area contributed by atoms with Gasteiger partial charge in [-0.15, -0.1) is 0 Å². The van der Waals surface area contributed by atoms with Gasteiger partial charge in [-0.1, -0.05) is 0 Å². The van der Waals surface area contributed by atoms with Crippen molar-refractivity contribution in [3.05, 3.63) is 35.8 Å². The Morgan fingerprint density at radius 2 is 1.79 bits per heavy atom. The molecule has 2 N–H and O–H groups in total. The number of amides is 1. The summed E-state index contributed by atoms with van der Waals surface area (Å²) >= 11 is 0. The van der Waals surface area contributed by atoms with Gasteiger partial charge in [0.15, 0.2) is 5.57 Å². The smallest absolute Gasteiger partial charge is 0.410 e. The van der Waals surface area contributed by atoms with E-state index in [9.17, 15) is 18.8 Å². The van der Waals surface area contributed by atoms with Crippen LogP contribution in [-0.4, -0.2) is 54.0 Å². The lowest BCUT2D eigenvalue weighted by molar-refractivity contribution is -0.222. The first-order chi connectivity index (χ1) is 15.8. The first kappa shape index (κ1) is 25.3. The molecule has 2 aliphatic heterocycles. The Balaban J connectivity index is 1.58. The van der Waals surface area contributed by atoms with Crippen LogP contribution in [0, 0.1) is 11.7 Å². The van der Waals surface area contributed by atoms with Crippen LogP contribution in [-0.2, 0) is 23.8 Å².